The highest BCUT2D eigenvalue weighted by atomic mass is 15.1. The molecule has 1 saturated carbocycles. The SMILES string of the molecule is CC1(C)c2ccccc2-c2cccc(-c3ccccc3-c3ccc(N(c4ccc5c(c4)C4(CCCCC4)c4ccccc4-5)c4ccc5ccccc5c4-c4ccccc4)cc3)c21. The molecule has 1 heteroatoms. The lowest BCUT2D eigenvalue weighted by Gasteiger charge is -2.37. The molecule has 0 bridgehead atoms. The summed E-state index contributed by atoms with van der Waals surface area (Å²) in [5.74, 6) is 0. The molecule has 3 aliphatic rings. The monoisotopic (exact) mass is 795 g/mol. The van der Waals surface area contributed by atoms with Crippen molar-refractivity contribution in [1.82, 2.24) is 0 Å². The average Bonchev–Trinajstić information content (AvgIpc) is 3.73. The summed E-state index contributed by atoms with van der Waals surface area (Å²) < 4.78 is 0. The molecule has 1 fully saturated rings. The first kappa shape index (κ1) is 36.9. The second-order valence-electron chi connectivity index (χ2n) is 18.3. The molecular weight excluding hydrogens is 747 g/mol. The van der Waals surface area contributed by atoms with Crippen molar-refractivity contribution in [1.29, 1.82) is 0 Å². The molecule has 9 aromatic rings. The van der Waals surface area contributed by atoms with Crippen LogP contribution >= 0.6 is 0 Å². The molecule has 1 spiro atoms. The van der Waals surface area contributed by atoms with Crippen molar-refractivity contribution in [3.8, 4) is 55.6 Å². The van der Waals surface area contributed by atoms with Gasteiger partial charge in [-0.15, -0.1) is 0 Å². The highest BCUT2D eigenvalue weighted by molar-refractivity contribution is 6.05. The van der Waals surface area contributed by atoms with E-state index in [4.69, 9.17) is 0 Å². The van der Waals surface area contributed by atoms with E-state index in [0.29, 0.717) is 0 Å². The van der Waals surface area contributed by atoms with Crippen LogP contribution in [0.15, 0.2) is 200 Å². The molecule has 298 valence electrons. The minimum Gasteiger partial charge on any atom is -0.310 e. The number of anilines is 3. The Morgan fingerprint density at radius 1 is 0.387 bits per heavy atom. The largest absolute Gasteiger partial charge is 0.310 e. The summed E-state index contributed by atoms with van der Waals surface area (Å²) in [6.45, 7) is 4.77. The molecule has 0 atom stereocenters. The van der Waals surface area contributed by atoms with Gasteiger partial charge in [-0.1, -0.05) is 203 Å². The van der Waals surface area contributed by atoms with Gasteiger partial charge in [0.1, 0.15) is 0 Å². The summed E-state index contributed by atoms with van der Waals surface area (Å²) in [4.78, 5) is 2.54. The predicted molar refractivity (Wildman–Crippen MR) is 262 cm³/mol. The normalized spacial score (nSPS) is 15.2. The first-order chi connectivity index (χ1) is 30.5. The zero-order chi connectivity index (χ0) is 41.4. The van der Waals surface area contributed by atoms with Gasteiger partial charge in [0.05, 0.1) is 5.69 Å². The van der Waals surface area contributed by atoms with Crippen molar-refractivity contribution in [2.45, 2.75) is 56.8 Å². The summed E-state index contributed by atoms with van der Waals surface area (Å²) in [7, 11) is 0. The van der Waals surface area contributed by atoms with E-state index in [-0.39, 0.29) is 10.8 Å². The summed E-state index contributed by atoms with van der Waals surface area (Å²) >= 11 is 0. The van der Waals surface area contributed by atoms with Crippen LogP contribution in [0.3, 0.4) is 0 Å². The fraction of sp³-hybridized carbons (Fsp3) is 0.148. The highest BCUT2D eigenvalue weighted by Gasteiger charge is 2.44. The van der Waals surface area contributed by atoms with Crippen LogP contribution in [-0.4, -0.2) is 0 Å². The molecule has 12 rings (SSSR count). The molecule has 0 radical (unpaired) electrons. The van der Waals surface area contributed by atoms with Crippen molar-refractivity contribution in [2.75, 3.05) is 4.90 Å². The Bertz CT molecular complexity index is 3180. The third kappa shape index (κ3) is 5.54. The highest BCUT2D eigenvalue weighted by Crippen LogP contribution is 2.58. The number of fused-ring (bicyclic) bond motifs is 9. The van der Waals surface area contributed by atoms with Gasteiger partial charge in [-0.2, -0.15) is 0 Å². The lowest BCUT2D eigenvalue weighted by Crippen LogP contribution is -2.28. The average molecular weight is 796 g/mol. The van der Waals surface area contributed by atoms with E-state index in [9.17, 15) is 0 Å². The predicted octanol–water partition coefficient (Wildman–Crippen LogP) is 16.8. The Morgan fingerprint density at radius 3 is 1.74 bits per heavy atom. The van der Waals surface area contributed by atoms with Gasteiger partial charge in [-0.3, -0.25) is 0 Å². The number of nitrogens with zero attached hydrogens (tertiary/aromatic N) is 1. The van der Waals surface area contributed by atoms with E-state index in [1.165, 1.54) is 132 Å². The second kappa shape index (κ2) is 14.3. The van der Waals surface area contributed by atoms with E-state index in [2.05, 4.69) is 219 Å². The zero-order valence-corrected chi connectivity index (χ0v) is 35.5. The summed E-state index contributed by atoms with van der Waals surface area (Å²) in [5.41, 5.74) is 22.3. The molecule has 0 aromatic heterocycles. The smallest absolute Gasteiger partial charge is 0.0546 e. The van der Waals surface area contributed by atoms with Crippen LogP contribution in [0, 0.1) is 0 Å². The zero-order valence-electron chi connectivity index (χ0n) is 35.5. The van der Waals surface area contributed by atoms with E-state index >= 15 is 0 Å². The maximum absolute atomic E-state index is 2.56. The maximum atomic E-state index is 2.56. The third-order valence-electron chi connectivity index (χ3n) is 14.7. The third-order valence-corrected chi connectivity index (χ3v) is 14.7. The van der Waals surface area contributed by atoms with Gasteiger partial charge in [0, 0.05) is 27.8 Å². The summed E-state index contributed by atoms with van der Waals surface area (Å²) in [6, 6.07) is 75.3. The van der Waals surface area contributed by atoms with Crippen LogP contribution in [0.1, 0.15) is 68.2 Å². The molecule has 0 unspecified atom stereocenters. The van der Waals surface area contributed by atoms with Crippen LogP contribution < -0.4 is 4.90 Å². The van der Waals surface area contributed by atoms with Gasteiger partial charge < -0.3 is 4.90 Å². The molecular formula is C61H49N. The molecule has 0 N–H and O–H groups in total. The number of hydrogen-bond donors (Lipinski definition) is 0. The van der Waals surface area contributed by atoms with E-state index in [1.54, 1.807) is 0 Å². The molecule has 0 amide bonds. The standard InChI is InChI=1S/C61H49N/c1-60(2)54-28-13-11-25-50(54)53-27-17-26-52(59(53)60)48-23-10-9-21-46(48)42-30-33-44(34-31-42)62(57-37-32-41-18-7-8-22-47(41)58(57)43-19-5-3-6-20-43)45-35-36-51-49-24-12-14-29-55(49)61(56(51)40-45)38-15-4-16-39-61/h3,5-14,17-37,40H,4,15-16,38-39H2,1-2H3. The minimum absolute atomic E-state index is 0.0542. The van der Waals surface area contributed by atoms with E-state index < -0.39 is 0 Å². The molecule has 9 aromatic carbocycles. The Hall–Kier alpha value is -6.96. The fourth-order valence-corrected chi connectivity index (χ4v) is 11.9. The Balaban J connectivity index is 1.04. The Labute approximate surface area is 366 Å². The van der Waals surface area contributed by atoms with Crippen molar-refractivity contribution in [3.05, 3.63) is 222 Å². The fourth-order valence-electron chi connectivity index (χ4n) is 11.9. The molecule has 0 aliphatic heterocycles. The van der Waals surface area contributed by atoms with Gasteiger partial charge in [0.2, 0.25) is 0 Å². The van der Waals surface area contributed by atoms with Gasteiger partial charge in [0.15, 0.2) is 0 Å². The Morgan fingerprint density at radius 2 is 0.968 bits per heavy atom. The van der Waals surface area contributed by atoms with Gasteiger partial charge >= 0.3 is 0 Å². The Kier molecular flexibility index (Phi) is 8.51. The van der Waals surface area contributed by atoms with Crippen molar-refractivity contribution in [2.24, 2.45) is 0 Å². The molecule has 0 saturated heterocycles. The quantitative estimate of drug-likeness (QED) is 0.162. The van der Waals surface area contributed by atoms with Crippen LogP contribution in [0.5, 0.6) is 0 Å². The number of rotatable bonds is 6. The lowest BCUT2D eigenvalue weighted by molar-refractivity contribution is 0.353. The molecule has 62 heavy (non-hydrogen) atoms. The van der Waals surface area contributed by atoms with Crippen molar-refractivity contribution >= 4 is 27.8 Å². The summed E-state index contributed by atoms with van der Waals surface area (Å²) in [5, 5.41) is 2.50. The van der Waals surface area contributed by atoms with Crippen LogP contribution in [0.25, 0.3) is 66.4 Å². The van der Waals surface area contributed by atoms with Crippen LogP contribution in [0.2, 0.25) is 0 Å². The number of hydrogen-bond acceptors (Lipinski definition) is 1. The topological polar surface area (TPSA) is 3.24 Å². The first-order valence-electron chi connectivity index (χ1n) is 22.6. The minimum atomic E-state index is -0.107. The number of benzene rings is 9. The van der Waals surface area contributed by atoms with Gasteiger partial charge in [-0.25, -0.2) is 0 Å². The van der Waals surface area contributed by atoms with Crippen LogP contribution in [-0.2, 0) is 10.8 Å². The van der Waals surface area contributed by atoms with Crippen molar-refractivity contribution in [3.63, 3.8) is 0 Å². The molecule has 1 nitrogen and oxygen atoms in total. The maximum Gasteiger partial charge on any atom is 0.0546 e. The summed E-state index contributed by atoms with van der Waals surface area (Å²) in [6.07, 6.45) is 6.25. The van der Waals surface area contributed by atoms with Gasteiger partial charge in [0.25, 0.3) is 0 Å². The van der Waals surface area contributed by atoms with E-state index in [0.717, 1.165) is 5.69 Å². The van der Waals surface area contributed by atoms with Gasteiger partial charge in [-0.05, 0) is 126 Å². The van der Waals surface area contributed by atoms with Crippen LogP contribution in [0.4, 0.5) is 17.1 Å². The van der Waals surface area contributed by atoms with E-state index in [1.807, 2.05) is 0 Å². The van der Waals surface area contributed by atoms with Crippen molar-refractivity contribution < 1.29 is 0 Å². The second-order valence-corrected chi connectivity index (χ2v) is 18.3. The lowest BCUT2D eigenvalue weighted by atomic mass is 9.68. The first-order valence-corrected chi connectivity index (χ1v) is 22.6. The molecule has 3 aliphatic carbocycles. The molecule has 0 heterocycles.